The van der Waals surface area contributed by atoms with Crippen LogP contribution in [0.3, 0.4) is 0 Å². The second kappa shape index (κ2) is 8.15. The molecule has 0 spiro atoms. The second-order valence-electron chi connectivity index (χ2n) is 7.55. The molecule has 0 saturated carbocycles. The molecule has 2 saturated heterocycles. The van der Waals surface area contributed by atoms with Crippen molar-refractivity contribution in [1.29, 1.82) is 0 Å². The average molecular weight is 379 g/mol. The number of hydrogen-bond donors (Lipinski definition) is 0. The summed E-state index contributed by atoms with van der Waals surface area (Å²) in [6.07, 6.45) is 2.12. The summed E-state index contributed by atoms with van der Waals surface area (Å²) in [7, 11) is 1.40. The molecule has 4 unspecified atom stereocenters. The van der Waals surface area contributed by atoms with Crippen LogP contribution in [-0.2, 0) is 20.8 Å². The molecule has 5 heteroatoms. The molecule has 146 valence electrons. The van der Waals surface area contributed by atoms with Crippen molar-refractivity contribution >= 4 is 11.9 Å². The normalized spacial score (nSPS) is 26.6. The lowest BCUT2D eigenvalue weighted by Gasteiger charge is -2.42. The van der Waals surface area contributed by atoms with E-state index in [0.29, 0.717) is 18.0 Å². The molecular formula is C23H25NO4. The van der Waals surface area contributed by atoms with Crippen molar-refractivity contribution in [1.82, 2.24) is 4.90 Å². The van der Waals surface area contributed by atoms with Gasteiger partial charge in [0, 0.05) is 25.0 Å². The van der Waals surface area contributed by atoms with E-state index in [0.717, 1.165) is 19.4 Å². The SMILES string of the molecule is COC(=O)C1C(OC(=O)c2ccccc2)CC2CCC1N2Cc1ccccc1. The first-order chi connectivity index (χ1) is 13.7. The van der Waals surface area contributed by atoms with Crippen LogP contribution in [0.5, 0.6) is 0 Å². The van der Waals surface area contributed by atoms with Gasteiger partial charge in [-0.3, -0.25) is 9.69 Å². The molecule has 0 aliphatic carbocycles. The van der Waals surface area contributed by atoms with Gasteiger partial charge in [0.1, 0.15) is 12.0 Å². The summed E-state index contributed by atoms with van der Waals surface area (Å²) < 4.78 is 10.9. The molecule has 0 radical (unpaired) electrons. The summed E-state index contributed by atoms with van der Waals surface area (Å²) in [6.45, 7) is 0.795. The van der Waals surface area contributed by atoms with Gasteiger partial charge in [0.05, 0.1) is 12.7 Å². The number of esters is 2. The largest absolute Gasteiger partial charge is 0.469 e. The molecular weight excluding hydrogens is 354 g/mol. The van der Waals surface area contributed by atoms with Gasteiger partial charge in [-0.1, -0.05) is 48.5 Å². The molecule has 2 heterocycles. The molecule has 0 N–H and O–H groups in total. The first-order valence-corrected chi connectivity index (χ1v) is 9.81. The molecule has 4 rings (SSSR count). The average Bonchev–Trinajstić information content (AvgIpc) is 3.00. The quantitative estimate of drug-likeness (QED) is 0.745. The summed E-state index contributed by atoms with van der Waals surface area (Å²) in [5, 5.41) is 0. The number of carbonyl (C=O) groups excluding carboxylic acids is 2. The zero-order chi connectivity index (χ0) is 19.5. The van der Waals surface area contributed by atoms with Crippen LogP contribution in [0.25, 0.3) is 0 Å². The van der Waals surface area contributed by atoms with E-state index in [9.17, 15) is 9.59 Å². The highest BCUT2D eigenvalue weighted by molar-refractivity contribution is 5.89. The van der Waals surface area contributed by atoms with Gasteiger partial charge in [-0.2, -0.15) is 0 Å². The van der Waals surface area contributed by atoms with E-state index in [2.05, 4.69) is 17.0 Å². The van der Waals surface area contributed by atoms with Crippen LogP contribution in [0.4, 0.5) is 0 Å². The van der Waals surface area contributed by atoms with E-state index < -0.39 is 12.0 Å². The lowest BCUT2D eigenvalue weighted by atomic mass is 9.86. The Labute approximate surface area is 165 Å². The van der Waals surface area contributed by atoms with Crippen molar-refractivity contribution in [2.24, 2.45) is 5.92 Å². The maximum atomic E-state index is 12.6. The number of piperidine rings is 1. The third-order valence-electron chi connectivity index (χ3n) is 5.96. The lowest BCUT2D eigenvalue weighted by molar-refractivity contribution is -0.157. The van der Waals surface area contributed by atoms with Crippen LogP contribution in [-0.4, -0.2) is 42.1 Å². The highest BCUT2D eigenvalue weighted by Crippen LogP contribution is 2.42. The molecule has 2 aliphatic rings. The summed E-state index contributed by atoms with van der Waals surface area (Å²) in [4.78, 5) is 27.6. The van der Waals surface area contributed by atoms with E-state index >= 15 is 0 Å². The molecule has 2 aromatic rings. The van der Waals surface area contributed by atoms with Crippen molar-refractivity contribution in [3.63, 3.8) is 0 Å². The molecule has 2 fully saturated rings. The Morgan fingerprint density at radius 2 is 1.68 bits per heavy atom. The van der Waals surface area contributed by atoms with Crippen LogP contribution in [0.15, 0.2) is 60.7 Å². The predicted octanol–water partition coefficient (Wildman–Crippen LogP) is 3.44. The Morgan fingerprint density at radius 3 is 2.36 bits per heavy atom. The first-order valence-electron chi connectivity index (χ1n) is 9.81. The fourth-order valence-corrected chi connectivity index (χ4v) is 4.65. The van der Waals surface area contributed by atoms with Gasteiger partial charge in [-0.25, -0.2) is 4.79 Å². The van der Waals surface area contributed by atoms with Gasteiger partial charge < -0.3 is 9.47 Å². The van der Waals surface area contributed by atoms with Gasteiger partial charge in [-0.05, 0) is 30.5 Å². The fraction of sp³-hybridized carbons (Fsp3) is 0.391. The zero-order valence-electron chi connectivity index (χ0n) is 16.0. The molecule has 2 bridgehead atoms. The van der Waals surface area contributed by atoms with E-state index in [1.165, 1.54) is 12.7 Å². The zero-order valence-corrected chi connectivity index (χ0v) is 16.0. The summed E-state index contributed by atoms with van der Waals surface area (Å²) in [6, 6.07) is 19.5. The van der Waals surface area contributed by atoms with Gasteiger partial charge in [-0.15, -0.1) is 0 Å². The van der Waals surface area contributed by atoms with Crippen LogP contribution in [0.1, 0.15) is 35.2 Å². The van der Waals surface area contributed by atoms with Crippen molar-refractivity contribution < 1.29 is 19.1 Å². The molecule has 28 heavy (non-hydrogen) atoms. The smallest absolute Gasteiger partial charge is 0.338 e. The number of fused-ring (bicyclic) bond motifs is 2. The number of rotatable bonds is 5. The van der Waals surface area contributed by atoms with Crippen molar-refractivity contribution in [2.75, 3.05) is 7.11 Å². The van der Waals surface area contributed by atoms with E-state index in [1.54, 1.807) is 24.3 Å². The molecule has 4 atom stereocenters. The van der Waals surface area contributed by atoms with Gasteiger partial charge in [0.15, 0.2) is 0 Å². The Balaban J connectivity index is 1.54. The fourth-order valence-electron chi connectivity index (χ4n) is 4.65. The summed E-state index contributed by atoms with van der Waals surface area (Å²) >= 11 is 0. The van der Waals surface area contributed by atoms with Crippen molar-refractivity contribution in [2.45, 2.75) is 44.0 Å². The minimum absolute atomic E-state index is 0.0278. The molecule has 0 aromatic heterocycles. The maximum absolute atomic E-state index is 12.6. The third kappa shape index (κ3) is 3.67. The Kier molecular flexibility index (Phi) is 5.44. The predicted molar refractivity (Wildman–Crippen MR) is 105 cm³/mol. The second-order valence-corrected chi connectivity index (χ2v) is 7.55. The maximum Gasteiger partial charge on any atom is 0.338 e. The third-order valence-corrected chi connectivity index (χ3v) is 5.96. The number of benzene rings is 2. The minimum atomic E-state index is -0.458. The summed E-state index contributed by atoms with van der Waals surface area (Å²) in [5.41, 5.74) is 1.73. The number of carbonyl (C=O) groups is 2. The molecule has 2 aromatic carbocycles. The van der Waals surface area contributed by atoms with Crippen LogP contribution < -0.4 is 0 Å². The van der Waals surface area contributed by atoms with Crippen molar-refractivity contribution in [3.05, 3.63) is 71.8 Å². The van der Waals surface area contributed by atoms with Gasteiger partial charge >= 0.3 is 11.9 Å². The van der Waals surface area contributed by atoms with Crippen molar-refractivity contribution in [3.8, 4) is 0 Å². The van der Waals surface area contributed by atoms with Gasteiger partial charge in [0.2, 0.25) is 0 Å². The van der Waals surface area contributed by atoms with E-state index in [1.807, 2.05) is 24.3 Å². The number of hydrogen-bond acceptors (Lipinski definition) is 5. The molecule has 5 nitrogen and oxygen atoms in total. The monoisotopic (exact) mass is 379 g/mol. The Hall–Kier alpha value is -2.66. The number of methoxy groups -OCH3 is 1. The highest BCUT2D eigenvalue weighted by Gasteiger charge is 2.52. The van der Waals surface area contributed by atoms with Crippen LogP contribution in [0, 0.1) is 5.92 Å². The Bertz CT molecular complexity index is 823. The number of nitrogens with zero attached hydrogens (tertiary/aromatic N) is 1. The summed E-state index contributed by atoms with van der Waals surface area (Å²) in [5.74, 6) is -1.13. The first kappa shape index (κ1) is 18.7. The standard InChI is InChI=1S/C23H25NO4/c1-27-23(26)21-19-13-12-18(24(19)15-16-8-4-2-5-9-16)14-20(21)28-22(25)17-10-6-3-7-11-17/h2-11,18-21H,12-15H2,1H3. The molecule has 0 amide bonds. The Morgan fingerprint density at radius 1 is 1.00 bits per heavy atom. The lowest BCUT2D eigenvalue weighted by Crippen LogP contribution is -2.54. The minimum Gasteiger partial charge on any atom is -0.469 e. The van der Waals surface area contributed by atoms with E-state index in [-0.39, 0.29) is 18.0 Å². The van der Waals surface area contributed by atoms with Crippen LogP contribution >= 0.6 is 0 Å². The van der Waals surface area contributed by atoms with Gasteiger partial charge in [0.25, 0.3) is 0 Å². The molecule has 2 aliphatic heterocycles. The number of ether oxygens (including phenoxy) is 2. The topological polar surface area (TPSA) is 55.8 Å². The highest BCUT2D eigenvalue weighted by atomic mass is 16.6. The van der Waals surface area contributed by atoms with E-state index in [4.69, 9.17) is 9.47 Å². The van der Waals surface area contributed by atoms with Crippen LogP contribution in [0.2, 0.25) is 0 Å².